The molecule has 1 aromatic rings. The Balaban J connectivity index is 2.23. The van der Waals surface area contributed by atoms with E-state index in [9.17, 15) is 26.7 Å². The van der Waals surface area contributed by atoms with Crippen LogP contribution in [0.2, 0.25) is 0 Å². The molecule has 0 saturated heterocycles. The van der Waals surface area contributed by atoms with Gasteiger partial charge in [-0.2, -0.15) is 0 Å². The third kappa shape index (κ3) is 3.15. The summed E-state index contributed by atoms with van der Waals surface area (Å²) >= 11 is 11.0. The van der Waals surface area contributed by atoms with Crippen molar-refractivity contribution < 1.29 is 31.5 Å². The van der Waals surface area contributed by atoms with Gasteiger partial charge in [0.05, 0.1) is 11.1 Å². The van der Waals surface area contributed by atoms with Gasteiger partial charge in [0.1, 0.15) is 11.1 Å². The zero-order valence-electron chi connectivity index (χ0n) is 12.2. The van der Waals surface area contributed by atoms with Gasteiger partial charge in [0.2, 0.25) is 5.82 Å². The van der Waals surface area contributed by atoms with Gasteiger partial charge >= 0.3 is 5.97 Å². The van der Waals surface area contributed by atoms with Crippen molar-refractivity contribution >= 4 is 29.2 Å². The summed E-state index contributed by atoms with van der Waals surface area (Å²) in [6.07, 6.45) is 1.30. The van der Waals surface area contributed by atoms with E-state index in [-0.39, 0.29) is 10.1 Å². The molecule has 0 aliphatic heterocycles. The number of benzene rings is 1. The predicted molar refractivity (Wildman–Crippen MR) is 76.6 cm³/mol. The third-order valence-corrected chi connectivity index (χ3v) is 3.83. The molecule has 2 rings (SSSR count). The number of hydrogen-bond acceptors (Lipinski definition) is 2. The van der Waals surface area contributed by atoms with Gasteiger partial charge in [-0.15, -0.1) is 0 Å². The predicted octanol–water partition coefficient (Wildman–Crippen LogP) is 5.08. The van der Waals surface area contributed by atoms with Crippen molar-refractivity contribution in [1.29, 1.82) is 0 Å². The Morgan fingerprint density at radius 1 is 1.00 bits per heavy atom. The highest BCUT2D eigenvalue weighted by molar-refractivity contribution is 6.56. The lowest BCUT2D eigenvalue weighted by Crippen LogP contribution is -2.12. The van der Waals surface area contributed by atoms with E-state index in [0.717, 1.165) is 0 Å². The minimum Gasteiger partial charge on any atom is -0.457 e. The average molecular weight is 387 g/mol. The van der Waals surface area contributed by atoms with Crippen LogP contribution in [0.25, 0.3) is 0 Å². The SMILES string of the molecule is CC1(C)C(C=C(Cl)Cl)=C1C(=O)OCc1c(F)c(F)c(F)c(F)c1F. The molecule has 0 spiro atoms. The van der Waals surface area contributed by atoms with Crippen molar-refractivity contribution in [2.24, 2.45) is 5.41 Å². The van der Waals surface area contributed by atoms with Crippen LogP contribution < -0.4 is 0 Å². The van der Waals surface area contributed by atoms with Gasteiger partial charge in [-0.3, -0.25) is 0 Å². The number of ether oxygens (including phenoxy) is 1. The largest absolute Gasteiger partial charge is 0.457 e. The molecule has 0 N–H and O–H groups in total. The van der Waals surface area contributed by atoms with Crippen LogP contribution >= 0.6 is 23.2 Å². The molecule has 1 aromatic carbocycles. The highest BCUT2D eigenvalue weighted by Crippen LogP contribution is 2.54. The molecule has 0 saturated carbocycles. The quantitative estimate of drug-likeness (QED) is 0.312. The summed E-state index contributed by atoms with van der Waals surface area (Å²) in [5.41, 5.74) is -1.36. The molecule has 0 radical (unpaired) electrons. The minimum atomic E-state index is -2.28. The monoisotopic (exact) mass is 386 g/mol. The lowest BCUT2D eigenvalue weighted by Gasteiger charge is -2.09. The summed E-state index contributed by atoms with van der Waals surface area (Å²) in [6, 6.07) is 0. The van der Waals surface area contributed by atoms with E-state index >= 15 is 0 Å². The van der Waals surface area contributed by atoms with Crippen LogP contribution in [0.1, 0.15) is 19.4 Å². The molecule has 0 heterocycles. The average Bonchev–Trinajstić information content (AvgIpc) is 3.02. The number of halogens is 7. The first kappa shape index (κ1) is 18.7. The molecule has 2 nitrogen and oxygen atoms in total. The molecule has 130 valence electrons. The van der Waals surface area contributed by atoms with Crippen LogP contribution in [0.4, 0.5) is 22.0 Å². The molecule has 0 aromatic heterocycles. The number of carbonyl (C=O) groups excluding carboxylic acids is 1. The molecule has 0 unspecified atom stereocenters. The van der Waals surface area contributed by atoms with E-state index in [0.29, 0.717) is 5.57 Å². The van der Waals surface area contributed by atoms with E-state index in [2.05, 4.69) is 4.74 Å². The molecular formula is C15H9Cl2F5O2. The number of carbonyl (C=O) groups is 1. The Morgan fingerprint density at radius 3 is 1.92 bits per heavy atom. The standard InChI is InChI=1S/C15H9Cl2F5O2/c1-15(2)6(3-7(16)17)8(15)14(23)24-4-5-9(18)11(20)13(22)12(21)10(5)19/h3H,4H2,1-2H3. The Labute approximate surface area is 143 Å². The van der Waals surface area contributed by atoms with Crippen LogP contribution in [-0.2, 0) is 16.1 Å². The number of rotatable bonds is 4. The molecule has 0 fully saturated rings. The number of esters is 1. The summed E-state index contributed by atoms with van der Waals surface area (Å²) in [6.45, 7) is 2.17. The van der Waals surface area contributed by atoms with Crippen molar-refractivity contribution in [2.75, 3.05) is 0 Å². The highest BCUT2D eigenvalue weighted by Gasteiger charge is 2.49. The first-order valence-corrected chi connectivity index (χ1v) is 7.21. The van der Waals surface area contributed by atoms with Gasteiger partial charge in [0, 0.05) is 5.41 Å². The summed E-state index contributed by atoms with van der Waals surface area (Å²) in [5.74, 6) is -11.6. The second-order valence-corrected chi connectivity index (χ2v) is 6.48. The number of allylic oxidation sites excluding steroid dienone is 2. The highest BCUT2D eigenvalue weighted by atomic mass is 35.5. The molecule has 1 aliphatic rings. The second-order valence-electron chi connectivity index (χ2n) is 5.47. The normalized spacial score (nSPS) is 15.4. The van der Waals surface area contributed by atoms with Gasteiger partial charge < -0.3 is 4.74 Å². The van der Waals surface area contributed by atoms with Gasteiger partial charge in [-0.1, -0.05) is 37.0 Å². The molecule has 1 aliphatic carbocycles. The topological polar surface area (TPSA) is 26.3 Å². The van der Waals surface area contributed by atoms with Crippen molar-refractivity contribution in [1.82, 2.24) is 0 Å². The first-order chi connectivity index (χ1) is 11.0. The van der Waals surface area contributed by atoms with Crippen molar-refractivity contribution in [3.63, 3.8) is 0 Å². The Morgan fingerprint density at radius 2 is 1.46 bits per heavy atom. The fraction of sp³-hybridized carbons (Fsp3) is 0.267. The third-order valence-electron chi connectivity index (χ3n) is 3.61. The van der Waals surface area contributed by atoms with Crippen LogP contribution in [0.5, 0.6) is 0 Å². The van der Waals surface area contributed by atoms with E-state index in [4.69, 9.17) is 23.2 Å². The van der Waals surface area contributed by atoms with Crippen molar-refractivity contribution in [2.45, 2.75) is 20.5 Å². The minimum absolute atomic E-state index is 0.111. The molecular weight excluding hydrogens is 378 g/mol. The molecule has 0 atom stereocenters. The van der Waals surface area contributed by atoms with E-state index in [1.54, 1.807) is 13.8 Å². The van der Waals surface area contributed by atoms with E-state index < -0.39 is 52.6 Å². The second kappa shape index (κ2) is 6.37. The van der Waals surface area contributed by atoms with Crippen molar-refractivity contribution in [3.8, 4) is 0 Å². The Bertz CT molecular complexity index is 767. The number of hydrogen-bond donors (Lipinski definition) is 0. The molecule has 9 heteroatoms. The fourth-order valence-electron chi connectivity index (χ4n) is 2.21. The summed E-state index contributed by atoms with van der Waals surface area (Å²) < 4.78 is 70.6. The smallest absolute Gasteiger partial charge is 0.335 e. The molecule has 24 heavy (non-hydrogen) atoms. The van der Waals surface area contributed by atoms with Crippen LogP contribution in [0.15, 0.2) is 21.7 Å². The zero-order chi connectivity index (χ0) is 18.4. The summed E-state index contributed by atoms with van der Waals surface area (Å²) in [5, 5.41) is 0. The maximum atomic E-state index is 13.5. The summed E-state index contributed by atoms with van der Waals surface area (Å²) in [7, 11) is 0. The van der Waals surface area contributed by atoms with Gasteiger partial charge in [0.25, 0.3) is 0 Å². The fourth-order valence-corrected chi connectivity index (χ4v) is 2.43. The van der Waals surface area contributed by atoms with Crippen LogP contribution in [-0.4, -0.2) is 5.97 Å². The first-order valence-electron chi connectivity index (χ1n) is 6.45. The van der Waals surface area contributed by atoms with Crippen molar-refractivity contribution in [3.05, 3.63) is 56.4 Å². The van der Waals surface area contributed by atoms with E-state index in [1.807, 2.05) is 0 Å². The van der Waals surface area contributed by atoms with Crippen LogP contribution in [0.3, 0.4) is 0 Å². The van der Waals surface area contributed by atoms with Gasteiger partial charge in [-0.25, -0.2) is 26.7 Å². The molecule has 0 bridgehead atoms. The summed E-state index contributed by atoms with van der Waals surface area (Å²) in [4.78, 5) is 11.9. The maximum absolute atomic E-state index is 13.5. The lowest BCUT2D eigenvalue weighted by atomic mass is 10.0. The Hall–Kier alpha value is -1.60. The van der Waals surface area contributed by atoms with Gasteiger partial charge in [0.15, 0.2) is 23.3 Å². The zero-order valence-corrected chi connectivity index (χ0v) is 13.8. The van der Waals surface area contributed by atoms with Crippen LogP contribution in [0, 0.1) is 34.5 Å². The maximum Gasteiger partial charge on any atom is 0.335 e. The molecule has 0 amide bonds. The Kier molecular flexibility index (Phi) is 4.97. The van der Waals surface area contributed by atoms with E-state index in [1.165, 1.54) is 6.08 Å². The van der Waals surface area contributed by atoms with Gasteiger partial charge in [-0.05, 0) is 11.6 Å². The lowest BCUT2D eigenvalue weighted by molar-refractivity contribution is -0.140.